The Labute approximate surface area is 153 Å². The van der Waals surface area contributed by atoms with Gasteiger partial charge in [0.1, 0.15) is 10.7 Å². The number of carbonyl (C=O) groups is 1. The molecule has 2 aromatic rings. The molecule has 2 rings (SSSR count). The highest BCUT2D eigenvalue weighted by Crippen LogP contribution is 2.22. The molecule has 0 aliphatic rings. The van der Waals surface area contributed by atoms with Gasteiger partial charge >= 0.3 is 0 Å². The number of benzene rings is 1. The Hall–Kier alpha value is -2.02. The van der Waals surface area contributed by atoms with Crippen molar-refractivity contribution in [2.45, 2.75) is 0 Å². The van der Waals surface area contributed by atoms with Crippen LogP contribution >= 0.6 is 34.8 Å². The molecule has 0 spiro atoms. The van der Waals surface area contributed by atoms with Gasteiger partial charge in [-0.2, -0.15) is 5.10 Å². The average Bonchev–Trinajstić information content (AvgIpc) is 2.53. The fraction of sp³-hybridized carbons (Fsp3) is 0.133. The third-order valence-electron chi connectivity index (χ3n) is 3.07. The van der Waals surface area contributed by atoms with Crippen LogP contribution in [-0.4, -0.2) is 22.7 Å². The number of amides is 1. The minimum absolute atomic E-state index is 0.0443. The Balaban J connectivity index is 2.12. The van der Waals surface area contributed by atoms with Crippen molar-refractivity contribution in [3.05, 3.63) is 61.5 Å². The number of halogens is 3. The number of nitrogens with one attached hydrogen (secondary N) is 1. The zero-order chi connectivity index (χ0) is 17.9. The van der Waals surface area contributed by atoms with E-state index in [-0.39, 0.29) is 10.7 Å². The van der Waals surface area contributed by atoms with Crippen LogP contribution in [0.5, 0.6) is 0 Å². The third kappa shape index (κ3) is 4.29. The quantitative estimate of drug-likeness (QED) is 0.647. The smallest absolute Gasteiger partial charge is 0.285 e. The van der Waals surface area contributed by atoms with Gasteiger partial charge in [-0.3, -0.25) is 20.0 Å². The number of aryl methyl sites for hydroxylation is 1. The molecule has 0 bridgehead atoms. The summed E-state index contributed by atoms with van der Waals surface area (Å²) in [6, 6.07) is 4.93. The predicted molar refractivity (Wildman–Crippen MR) is 96.5 cm³/mol. The first-order chi connectivity index (χ1) is 11.3. The number of aromatic nitrogens is 2. The number of hydrazine groups is 1. The normalized spacial score (nSPS) is 10.9. The number of carbonyl (C=O) groups excluding carboxylic acids is 1. The summed E-state index contributed by atoms with van der Waals surface area (Å²) < 4.78 is 1.10. The Bertz CT molecular complexity index is 864. The second-order valence-electron chi connectivity index (χ2n) is 4.81. The van der Waals surface area contributed by atoms with Crippen LogP contribution in [0.1, 0.15) is 5.56 Å². The van der Waals surface area contributed by atoms with E-state index in [0.29, 0.717) is 15.6 Å². The van der Waals surface area contributed by atoms with Gasteiger partial charge in [0, 0.05) is 30.2 Å². The van der Waals surface area contributed by atoms with E-state index in [1.165, 1.54) is 30.4 Å². The van der Waals surface area contributed by atoms with E-state index < -0.39 is 11.5 Å². The van der Waals surface area contributed by atoms with E-state index in [1.54, 1.807) is 25.2 Å². The van der Waals surface area contributed by atoms with Crippen LogP contribution in [0.3, 0.4) is 0 Å². The molecule has 24 heavy (non-hydrogen) atoms. The van der Waals surface area contributed by atoms with Crippen molar-refractivity contribution in [2.75, 3.05) is 12.1 Å². The molecule has 1 aromatic heterocycles. The Morgan fingerprint density at radius 1 is 1.33 bits per heavy atom. The number of rotatable bonds is 4. The SMILES string of the molecule is CN(NC(=O)C=Cc1cc(Cl)ccc1Cl)c1cnn(C)c(=O)c1Cl. The highest BCUT2D eigenvalue weighted by molar-refractivity contribution is 6.34. The number of hydrogen-bond donors (Lipinski definition) is 1. The second-order valence-corrected chi connectivity index (χ2v) is 6.03. The van der Waals surface area contributed by atoms with Crippen LogP contribution < -0.4 is 16.0 Å². The van der Waals surface area contributed by atoms with Crippen molar-refractivity contribution in [2.24, 2.45) is 7.05 Å². The van der Waals surface area contributed by atoms with E-state index in [4.69, 9.17) is 34.8 Å². The summed E-state index contributed by atoms with van der Waals surface area (Å²) in [6.45, 7) is 0. The van der Waals surface area contributed by atoms with Crippen LogP contribution in [0, 0.1) is 0 Å². The predicted octanol–water partition coefficient (Wildman–Crippen LogP) is 2.92. The first-order valence-corrected chi connectivity index (χ1v) is 7.82. The summed E-state index contributed by atoms with van der Waals surface area (Å²) in [4.78, 5) is 23.7. The molecule has 0 aliphatic carbocycles. The highest BCUT2D eigenvalue weighted by atomic mass is 35.5. The Kier molecular flexibility index (Phi) is 5.88. The van der Waals surface area contributed by atoms with Gasteiger partial charge < -0.3 is 0 Å². The van der Waals surface area contributed by atoms with E-state index >= 15 is 0 Å². The van der Waals surface area contributed by atoms with E-state index in [9.17, 15) is 9.59 Å². The van der Waals surface area contributed by atoms with Crippen LogP contribution in [0.15, 0.2) is 35.3 Å². The Morgan fingerprint density at radius 2 is 2.04 bits per heavy atom. The van der Waals surface area contributed by atoms with Crippen molar-refractivity contribution in [3.63, 3.8) is 0 Å². The molecule has 1 heterocycles. The lowest BCUT2D eigenvalue weighted by molar-refractivity contribution is -0.116. The molecule has 1 N–H and O–H groups in total. The fourth-order valence-electron chi connectivity index (χ4n) is 1.81. The topological polar surface area (TPSA) is 67.2 Å². The standard InChI is InChI=1S/C15H13Cl3N4O2/c1-21(12-8-19-22(2)15(24)14(12)18)20-13(23)6-3-9-7-10(16)4-5-11(9)17/h3-8H,1-2H3,(H,20,23). The summed E-state index contributed by atoms with van der Waals surface area (Å²) in [5.74, 6) is -0.440. The van der Waals surface area contributed by atoms with Gasteiger partial charge in [-0.1, -0.05) is 34.8 Å². The van der Waals surface area contributed by atoms with Crippen molar-refractivity contribution in [3.8, 4) is 0 Å². The lowest BCUT2D eigenvalue weighted by Gasteiger charge is -2.19. The van der Waals surface area contributed by atoms with Crippen molar-refractivity contribution >= 4 is 52.5 Å². The first kappa shape index (κ1) is 18.3. The number of nitrogens with zero attached hydrogens (tertiary/aromatic N) is 3. The number of hydrogen-bond acceptors (Lipinski definition) is 4. The lowest BCUT2D eigenvalue weighted by atomic mass is 10.2. The summed E-state index contributed by atoms with van der Waals surface area (Å²) in [5, 5.41) is 6.10. The van der Waals surface area contributed by atoms with Crippen molar-refractivity contribution in [1.29, 1.82) is 0 Å². The Morgan fingerprint density at radius 3 is 2.75 bits per heavy atom. The molecule has 0 aliphatic heterocycles. The van der Waals surface area contributed by atoms with Gasteiger partial charge in [0.2, 0.25) is 0 Å². The first-order valence-electron chi connectivity index (χ1n) is 6.69. The largest absolute Gasteiger partial charge is 0.287 e. The molecule has 0 unspecified atom stereocenters. The molecule has 0 saturated heterocycles. The van der Waals surface area contributed by atoms with Gasteiger partial charge in [0.15, 0.2) is 0 Å². The van der Waals surface area contributed by atoms with Crippen molar-refractivity contribution < 1.29 is 4.79 Å². The van der Waals surface area contributed by atoms with Crippen LogP contribution in [0.25, 0.3) is 6.08 Å². The number of anilines is 1. The molecule has 1 amide bonds. The van der Waals surface area contributed by atoms with Gasteiger partial charge in [0.25, 0.3) is 11.5 Å². The average molecular weight is 388 g/mol. The molecule has 0 atom stereocenters. The molecule has 1 aromatic carbocycles. The van der Waals surface area contributed by atoms with Gasteiger partial charge in [0.05, 0.1) is 6.20 Å². The molecule has 9 heteroatoms. The second kappa shape index (κ2) is 7.70. The van der Waals surface area contributed by atoms with Gasteiger partial charge in [-0.25, -0.2) is 4.68 Å². The monoisotopic (exact) mass is 386 g/mol. The maximum absolute atomic E-state index is 12.0. The molecular formula is C15H13Cl3N4O2. The summed E-state index contributed by atoms with van der Waals surface area (Å²) >= 11 is 17.9. The maximum Gasteiger partial charge on any atom is 0.287 e. The van der Waals surface area contributed by atoms with Crippen LogP contribution in [0.2, 0.25) is 15.1 Å². The zero-order valence-corrected chi connectivity index (χ0v) is 15.0. The molecule has 0 saturated carbocycles. The molecule has 0 radical (unpaired) electrons. The molecule has 6 nitrogen and oxygen atoms in total. The minimum Gasteiger partial charge on any atom is -0.285 e. The summed E-state index contributed by atoms with van der Waals surface area (Å²) in [7, 11) is 3.02. The highest BCUT2D eigenvalue weighted by Gasteiger charge is 2.12. The molecule has 126 valence electrons. The van der Waals surface area contributed by atoms with Gasteiger partial charge in [-0.05, 0) is 29.8 Å². The lowest BCUT2D eigenvalue weighted by Crippen LogP contribution is -2.39. The van der Waals surface area contributed by atoms with Crippen LogP contribution in [0.4, 0.5) is 5.69 Å². The summed E-state index contributed by atoms with van der Waals surface area (Å²) in [5.41, 5.74) is 2.97. The van der Waals surface area contributed by atoms with Gasteiger partial charge in [-0.15, -0.1) is 0 Å². The fourth-order valence-corrected chi connectivity index (χ4v) is 2.47. The zero-order valence-electron chi connectivity index (χ0n) is 12.8. The van der Waals surface area contributed by atoms with E-state index in [0.717, 1.165) is 4.68 Å². The summed E-state index contributed by atoms with van der Waals surface area (Å²) in [6.07, 6.45) is 4.19. The maximum atomic E-state index is 12.0. The van der Waals surface area contributed by atoms with E-state index in [1.807, 2.05) is 0 Å². The molecular weight excluding hydrogens is 375 g/mol. The van der Waals surface area contributed by atoms with E-state index in [2.05, 4.69) is 10.5 Å². The molecule has 0 fully saturated rings. The minimum atomic E-state index is -0.462. The van der Waals surface area contributed by atoms with Crippen LogP contribution in [-0.2, 0) is 11.8 Å². The van der Waals surface area contributed by atoms with Crippen molar-refractivity contribution in [1.82, 2.24) is 15.2 Å². The third-order valence-corrected chi connectivity index (χ3v) is 4.01.